The van der Waals surface area contributed by atoms with Crippen molar-refractivity contribution in [3.05, 3.63) is 69.2 Å². The first-order valence-corrected chi connectivity index (χ1v) is 9.85. The number of halogens is 2. The molecule has 1 atom stereocenters. The summed E-state index contributed by atoms with van der Waals surface area (Å²) in [5.74, 6) is 0.0608. The molecule has 4 rings (SSSR count). The Bertz CT molecular complexity index is 967. The Morgan fingerprint density at radius 2 is 1.96 bits per heavy atom. The highest BCUT2D eigenvalue weighted by molar-refractivity contribution is 6.42. The Hall–Kier alpha value is -1.97. The lowest BCUT2D eigenvalue weighted by molar-refractivity contribution is -0.124. The molecule has 27 heavy (non-hydrogen) atoms. The van der Waals surface area contributed by atoms with Crippen molar-refractivity contribution >= 4 is 40.9 Å². The summed E-state index contributed by atoms with van der Waals surface area (Å²) in [4.78, 5) is 14.7. The Kier molecular flexibility index (Phi) is 4.28. The minimum Gasteiger partial charge on any atom is -0.344 e. The fraction of sp³-hybridized carbons (Fsp3) is 0.318. The van der Waals surface area contributed by atoms with Crippen LogP contribution in [0.5, 0.6) is 0 Å². The molecule has 1 saturated heterocycles. The van der Waals surface area contributed by atoms with E-state index in [0.29, 0.717) is 23.0 Å². The number of anilines is 1. The first-order valence-electron chi connectivity index (χ1n) is 9.09. The highest BCUT2D eigenvalue weighted by Crippen LogP contribution is 2.52. The zero-order valence-corrected chi connectivity index (χ0v) is 17.2. The number of fused-ring (bicyclic) bond motifs is 3. The number of aryl methyl sites for hydroxylation is 1. The molecule has 2 aromatic rings. The molecule has 140 valence electrons. The van der Waals surface area contributed by atoms with E-state index in [1.54, 1.807) is 6.07 Å². The predicted molar refractivity (Wildman–Crippen MR) is 113 cm³/mol. The second kappa shape index (κ2) is 6.29. The van der Waals surface area contributed by atoms with Crippen LogP contribution >= 0.6 is 23.2 Å². The van der Waals surface area contributed by atoms with Gasteiger partial charge in [0.1, 0.15) is 5.66 Å². The number of benzene rings is 2. The maximum absolute atomic E-state index is 12.4. The quantitative estimate of drug-likeness (QED) is 0.738. The van der Waals surface area contributed by atoms with Crippen molar-refractivity contribution in [3.63, 3.8) is 0 Å². The molecule has 0 unspecified atom stereocenters. The Morgan fingerprint density at radius 3 is 2.74 bits per heavy atom. The third-order valence-electron chi connectivity index (χ3n) is 5.87. The molecule has 3 nitrogen and oxygen atoms in total. The monoisotopic (exact) mass is 400 g/mol. The topological polar surface area (TPSA) is 32.3 Å². The SMILES string of the molecule is Cc1ccc2c(c1)C(C)(C)[C@@]1(/C=C/c3cccc(Cl)c3Cl)NC(=O)CCN21. The van der Waals surface area contributed by atoms with Crippen molar-refractivity contribution in [2.45, 2.75) is 38.3 Å². The van der Waals surface area contributed by atoms with Crippen LogP contribution in [0, 0.1) is 6.92 Å². The summed E-state index contributed by atoms with van der Waals surface area (Å²) in [5.41, 5.74) is 3.50. The third kappa shape index (κ3) is 2.67. The van der Waals surface area contributed by atoms with E-state index in [4.69, 9.17) is 23.2 Å². The molecule has 5 heteroatoms. The normalized spacial score (nSPS) is 23.3. The van der Waals surface area contributed by atoms with Gasteiger partial charge < -0.3 is 10.2 Å². The number of hydrogen-bond donors (Lipinski definition) is 1. The number of nitrogens with zero attached hydrogens (tertiary/aromatic N) is 1. The summed E-state index contributed by atoms with van der Waals surface area (Å²) in [6.07, 6.45) is 4.52. The van der Waals surface area contributed by atoms with E-state index in [9.17, 15) is 4.79 Å². The molecule has 2 aliphatic rings. The fourth-order valence-corrected chi connectivity index (χ4v) is 4.70. The number of hydrogen-bond acceptors (Lipinski definition) is 2. The third-order valence-corrected chi connectivity index (χ3v) is 6.71. The van der Waals surface area contributed by atoms with Gasteiger partial charge in [0.05, 0.1) is 10.0 Å². The van der Waals surface area contributed by atoms with Crippen LogP contribution in [-0.4, -0.2) is 18.1 Å². The van der Waals surface area contributed by atoms with E-state index in [2.05, 4.69) is 55.3 Å². The standard InChI is InChI=1S/C22H22Cl2N2O/c1-14-7-8-18-16(13-14)21(2,3)22(25-19(27)10-12-26(18)22)11-9-15-5-4-6-17(23)20(15)24/h4-9,11,13H,10,12H2,1-3H3,(H,25,27)/b11-9+/t22-/m0/s1. The van der Waals surface area contributed by atoms with Gasteiger partial charge in [0.25, 0.3) is 0 Å². The summed E-state index contributed by atoms with van der Waals surface area (Å²) in [7, 11) is 0. The molecule has 0 saturated carbocycles. The summed E-state index contributed by atoms with van der Waals surface area (Å²) in [6.45, 7) is 7.14. The van der Waals surface area contributed by atoms with Crippen LogP contribution in [0.1, 0.15) is 37.0 Å². The molecular weight excluding hydrogens is 379 g/mol. The van der Waals surface area contributed by atoms with Gasteiger partial charge >= 0.3 is 0 Å². The number of rotatable bonds is 2. The minimum absolute atomic E-state index is 0.0608. The van der Waals surface area contributed by atoms with E-state index in [-0.39, 0.29) is 11.3 Å². The van der Waals surface area contributed by atoms with Crippen LogP contribution in [0.25, 0.3) is 6.08 Å². The van der Waals surface area contributed by atoms with Gasteiger partial charge in [0.15, 0.2) is 0 Å². The molecule has 2 heterocycles. The molecular formula is C22H22Cl2N2O. The zero-order valence-electron chi connectivity index (χ0n) is 15.6. The number of amides is 1. The second-order valence-corrected chi connectivity index (χ2v) is 8.62. The van der Waals surface area contributed by atoms with Gasteiger partial charge in [0, 0.05) is 24.1 Å². The summed E-state index contributed by atoms with van der Waals surface area (Å²) in [6, 6.07) is 12.1. The maximum atomic E-state index is 12.4. The van der Waals surface area contributed by atoms with Crippen LogP contribution in [0.4, 0.5) is 5.69 Å². The van der Waals surface area contributed by atoms with Gasteiger partial charge in [-0.05, 0) is 36.3 Å². The molecule has 1 N–H and O–H groups in total. The van der Waals surface area contributed by atoms with Crippen molar-refractivity contribution in [2.75, 3.05) is 11.4 Å². The van der Waals surface area contributed by atoms with Crippen molar-refractivity contribution < 1.29 is 4.79 Å². The zero-order chi connectivity index (χ0) is 19.4. The largest absolute Gasteiger partial charge is 0.344 e. The number of carbonyl (C=O) groups is 1. The molecule has 1 amide bonds. The Morgan fingerprint density at radius 1 is 1.19 bits per heavy atom. The van der Waals surface area contributed by atoms with E-state index in [1.165, 1.54) is 16.8 Å². The van der Waals surface area contributed by atoms with Crippen LogP contribution in [0.2, 0.25) is 10.0 Å². The smallest absolute Gasteiger partial charge is 0.223 e. The second-order valence-electron chi connectivity index (χ2n) is 7.84. The van der Waals surface area contributed by atoms with Gasteiger partial charge in [-0.25, -0.2) is 0 Å². The lowest BCUT2D eigenvalue weighted by Gasteiger charge is -2.49. The highest BCUT2D eigenvalue weighted by atomic mass is 35.5. The summed E-state index contributed by atoms with van der Waals surface area (Å²) < 4.78 is 0. The fourth-order valence-electron chi connectivity index (χ4n) is 4.33. The lowest BCUT2D eigenvalue weighted by Crippen LogP contribution is -2.68. The average Bonchev–Trinajstić information content (AvgIpc) is 2.80. The molecule has 0 radical (unpaired) electrons. The summed E-state index contributed by atoms with van der Waals surface area (Å²) in [5, 5.41) is 4.31. The Balaban J connectivity index is 1.88. The molecule has 1 fully saturated rings. The molecule has 0 aliphatic carbocycles. The molecule has 0 aromatic heterocycles. The van der Waals surface area contributed by atoms with E-state index >= 15 is 0 Å². The van der Waals surface area contributed by atoms with Crippen LogP contribution in [0.15, 0.2) is 42.5 Å². The average molecular weight is 401 g/mol. The molecule has 0 bridgehead atoms. The van der Waals surface area contributed by atoms with Crippen molar-refractivity contribution in [2.24, 2.45) is 0 Å². The Labute approximate surface area is 170 Å². The van der Waals surface area contributed by atoms with Gasteiger partial charge in [-0.3, -0.25) is 4.79 Å². The van der Waals surface area contributed by atoms with Gasteiger partial charge in [0.2, 0.25) is 5.91 Å². The van der Waals surface area contributed by atoms with E-state index in [1.807, 2.05) is 18.2 Å². The lowest BCUT2D eigenvalue weighted by atomic mass is 9.74. The van der Waals surface area contributed by atoms with Crippen LogP contribution in [0.3, 0.4) is 0 Å². The van der Waals surface area contributed by atoms with Crippen LogP contribution in [-0.2, 0) is 10.2 Å². The predicted octanol–water partition coefficient (Wildman–Crippen LogP) is 5.33. The van der Waals surface area contributed by atoms with Crippen molar-refractivity contribution in [1.29, 1.82) is 0 Å². The number of nitrogens with one attached hydrogen (secondary N) is 1. The van der Waals surface area contributed by atoms with Gasteiger partial charge in [-0.15, -0.1) is 0 Å². The van der Waals surface area contributed by atoms with Crippen molar-refractivity contribution in [1.82, 2.24) is 5.32 Å². The van der Waals surface area contributed by atoms with Crippen LogP contribution < -0.4 is 10.2 Å². The number of carbonyl (C=O) groups excluding carboxylic acids is 1. The molecule has 2 aromatic carbocycles. The van der Waals surface area contributed by atoms with Crippen molar-refractivity contribution in [3.8, 4) is 0 Å². The first kappa shape index (κ1) is 18.4. The minimum atomic E-state index is -0.649. The molecule has 0 spiro atoms. The molecule has 2 aliphatic heterocycles. The van der Waals surface area contributed by atoms with E-state index < -0.39 is 5.66 Å². The highest BCUT2D eigenvalue weighted by Gasteiger charge is 2.57. The summed E-state index contributed by atoms with van der Waals surface area (Å²) >= 11 is 12.5. The first-order chi connectivity index (χ1) is 12.8. The van der Waals surface area contributed by atoms with Gasteiger partial charge in [-0.1, -0.05) is 73.0 Å². The maximum Gasteiger partial charge on any atom is 0.223 e. The van der Waals surface area contributed by atoms with E-state index in [0.717, 1.165) is 5.56 Å². The van der Waals surface area contributed by atoms with Gasteiger partial charge in [-0.2, -0.15) is 0 Å².